The third kappa shape index (κ3) is 3.11. The van der Waals surface area contributed by atoms with Gasteiger partial charge in [0.1, 0.15) is 5.75 Å². The lowest BCUT2D eigenvalue weighted by Crippen LogP contribution is -2.42. The number of ether oxygens (including phenoxy) is 1. The Morgan fingerprint density at radius 2 is 1.86 bits per heavy atom. The van der Waals surface area contributed by atoms with Gasteiger partial charge in [0.25, 0.3) is 0 Å². The summed E-state index contributed by atoms with van der Waals surface area (Å²) in [5, 5.41) is 0. The molecule has 2 unspecified atom stereocenters. The second kappa shape index (κ2) is 6.39. The Kier molecular flexibility index (Phi) is 4.98. The van der Waals surface area contributed by atoms with Crippen molar-refractivity contribution in [1.82, 2.24) is 0 Å². The molecule has 1 aliphatic rings. The van der Waals surface area contributed by atoms with Gasteiger partial charge >= 0.3 is 0 Å². The molecule has 1 aromatic rings. The van der Waals surface area contributed by atoms with Gasteiger partial charge < -0.3 is 10.5 Å². The molecule has 0 amide bonds. The van der Waals surface area contributed by atoms with E-state index in [1.807, 2.05) is 0 Å². The average molecular weight is 289 g/mol. The molecule has 0 heterocycles. The molecule has 2 atom stereocenters. The Morgan fingerprint density at radius 3 is 2.43 bits per heavy atom. The number of nitrogens with two attached hydrogens (primary N) is 1. The molecule has 1 aliphatic carbocycles. The minimum absolute atomic E-state index is 0.0495. The number of hydrogen-bond donors (Lipinski definition) is 1. The van der Waals surface area contributed by atoms with E-state index in [0.717, 1.165) is 5.75 Å². The highest BCUT2D eigenvalue weighted by Gasteiger charge is 2.35. The number of fused-ring (bicyclic) bond motifs is 1. The van der Waals surface area contributed by atoms with Gasteiger partial charge in [0.15, 0.2) is 0 Å². The molecular formula is C19H31NO. The van der Waals surface area contributed by atoms with Gasteiger partial charge in [-0.05, 0) is 60.9 Å². The van der Waals surface area contributed by atoms with Crippen molar-refractivity contribution in [2.75, 3.05) is 7.11 Å². The van der Waals surface area contributed by atoms with Gasteiger partial charge in [-0.15, -0.1) is 0 Å². The van der Waals surface area contributed by atoms with Gasteiger partial charge in [-0.25, -0.2) is 0 Å². The van der Waals surface area contributed by atoms with Gasteiger partial charge in [0.2, 0.25) is 0 Å². The van der Waals surface area contributed by atoms with Gasteiger partial charge in [-0.2, -0.15) is 0 Å². The van der Waals surface area contributed by atoms with Crippen LogP contribution in [0.3, 0.4) is 0 Å². The molecule has 0 fully saturated rings. The standard InChI is InChI=1S/C19H31NO/c1-13(2)17-11-15(21-5)12-18-16(17)9-7-6-8-10-19(18,4)14(3)20/h11-14H,6-10,20H2,1-5H3. The first-order valence-electron chi connectivity index (χ1n) is 8.37. The highest BCUT2D eigenvalue weighted by Crippen LogP contribution is 2.42. The van der Waals surface area contributed by atoms with Crippen LogP contribution in [0.4, 0.5) is 0 Å². The summed E-state index contributed by atoms with van der Waals surface area (Å²) >= 11 is 0. The van der Waals surface area contributed by atoms with Gasteiger partial charge in [0, 0.05) is 11.5 Å². The van der Waals surface area contributed by atoms with E-state index >= 15 is 0 Å². The number of methoxy groups -OCH3 is 1. The molecule has 0 aromatic heterocycles. The fourth-order valence-corrected chi connectivity index (χ4v) is 3.67. The van der Waals surface area contributed by atoms with Crippen LogP contribution < -0.4 is 10.5 Å². The van der Waals surface area contributed by atoms with E-state index in [2.05, 4.69) is 39.8 Å². The van der Waals surface area contributed by atoms with Crippen molar-refractivity contribution < 1.29 is 4.74 Å². The minimum Gasteiger partial charge on any atom is -0.497 e. The largest absolute Gasteiger partial charge is 0.497 e. The normalized spacial score (nSPS) is 24.1. The van der Waals surface area contributed by atoms with E-state index in [0.29, 0.717) is 5.92 Å². The summed E-state index contributed by atoms with van der Waals surface area (Å²) in [5.41, 5.74) is 10.9. The third-order valence-electron chi connectivity index (χ3n) is 5.36. The number of benzene rings is 1. The molecule has 2 heteroatoms. The molecule has 0 saturated carbocycles. The molecule has 0 spiro atoms. The Morgan fingerprint density at radius 1 is 1.14 bits per heavy atom. The maximum Gasteiger partial charge on any atom is 0.119 e. The Bertz CT molecular complexity index is 493. The fraction of sp³-hybridized carbons (Fsp3) is 0.684. The first kappa shape index (κ1) is 16.4. The highest BCUT2D eigenvalue weighted by molar-refractivity contribution is 5.48. The van der Waals surface area contributed by atoms with Crippen molar-refractivity contribution in [2.45, 2.75) is 77.2 Å². The van der Waals surface area contributed by atoms with Crippen LogP contribution in [-0.2, 0) is 11.8 Å². The predicted octanol–water partition coefficient (Wildman–Crippen LogP) is 4.54. The second-order valence-corrected chi connectivity index (χ2v) is 7.16. The zero-order chi connectivity index (χ0) is 15.6. The first-order chi connectivity index (χ1) is 9.90. The summed E-state index contributed by atoms with van der Waals surface area (Å²) in [7, 11) is 1.76. The maximum absolute atomic E-state index is 6.41. The average Bonchev–Trinajstić information content (AvgIpc) is 2.43. The van der Waals surface area contributed by atoms with Crippen molar-refractivity contribution in [3.63, 3.8) is 0 Å². The maximum atomic E-state index is 6.41. The van der Waals surface area contributed by atoms with E-state index in [1.165, 1.54) is 48.8 Å². The van der Waals surface area contributed by atoms with Crippen molar-refractivity contribution in [3.8, 4) is 5.75 Å². The monoisotopic (exact) mass is 289 g/mol. The molecule has 0 saturated heterocycles. The van der Waals surface area contributed by atoms with Crippen LogP contribution in [0, 0.1) is 0 Å². The van der Waals surface area contributed by atoms with E-state index in [9.17, 15) is 0 Å². The fourth-order valence-electron chi connectivity index (χ4n) is 3.67. The SMILES string of the molecule is COc1cc(C(C)C)c2c(c1)C(C)(C(C)N)CCCCC2. The Hall–Kier alpha value is -1.02. The Balaban J connectivity index is 2.68. The van der Waals surface area contributed by atoms with Gasteiger partial charge in [-0.3, -0.25) is 0 Å². The van der Waals surface area contributed by atoms with Crippen LogP contribution >= 0.6 is 0 Å². The Labute approximate surface area is 130 Å². The second-order valence-electron chi connectivity index (χ2n) is 7.16. The predicted molar refractivity (Wildman–Crippen MR) is 90.3 cm³/mol. The summed E-state index contributed by atoms with van der Waals surface area (Å²) in [6.07, 6.45) is 6.21. The molecular weight excluding hydrogens is 258 g/mol. The van der Waals surface area contributed by atoms with Crippen molar-refractivity contribution in [3.05, 3.63) is 28.8 Å². The van der Waals surface area contributed by atoms with E-state index in [-0.39, 0.29) is 11.5 Å². The number of hydrogen-bond acceptors (Lipinski definition) is 2. The first-order valence-corrected chi connectivity index (χ1v) is 8.37. The highest BCUT2D eigenvalue weighted by atomic mass is 16.5. The van der Waals surface area contributed by atoms with Crippen LogP contribution in [-0.4, -0.2) is 13.2 Å². The van der Waals surface area contributed by atoms with Crippen LogP contribution in [0.15, 0.2) is 12.1 Å². The molecule has 0 aliphatic heterocycles. The van der Waals surface area contributed by atoms with Crippen molar-refractivity contribution in [1.29, 1.82) is 0 Å². The van der Waals surface area contributed by atoms with Gasteiger partial charge in [0.05, 0.1) is 7.11 Å². The van der Waals surface area contributed by atoms with E-state index in [4.69, 9.17) is 10.5 Å². The lowest BCUT2D eigenvalue weighted by Gasteiger charge is -2.38. The van der Waals surface area contributed by atoms with Crippen LogP contribution in [0.1, 0.15) is 76.0 Å². The third-order valence-corrected chi connectivity index (χ3v) is 5.36. The summed E-state index contributed by atoms with van der Waals surface area (Å²) in [5.74, 6) is 1.50. The van der Waals surface area contributed by atoms with E-state index in [1.54, 1.807) is 7.11 Å². The van der Waals surface area contributed by atoms with Crippen molar-refractivity contribution in [2.24, 2.45) is 5.73 Å². The lowest BCUT2D eigenvalue weighted by atomic mass is 9.68. The van der Waals surface area contributed by atoms with Crippen molar-refractivity contribution >= 4 is 0 Å². The smallest absolute Gasteiger partial charge is 0.119 e. The molecule has 2 rings (SSSR count). The summed E-state index contributed by atoms with van der Waals surface area (Å²) in [6.45, 7) is 9.04. The zero-order valence-electron chi connectivity index (χ0n) is 14.3. The van der Waals surface area contributed by atoms with E-state index < -0.39 is 0 Å². The number of rotatable bonds is 3. The summed E-state index contributed by atoms with van der Waals surface area (Å²) in [4.78, 5) is 0. The summed E-state index contributed by atoms with van der Waals surface area (Å²) < 4.78 is 5.58. The summed E-state index contributed by atoms with van der Waals surface area (Å²) in [6, 6.07) is 4.63. The molecule has 2 N–H and O–H groups in total. The molecule has 0 bridgehead atoms. The molecule has 2 nitrogen and oxygen atoms in total. The van der Waals surface area contributed by atoms with Crippen LogP contribution in [0.2, 0.25) is 0 Å². The quantitative estimate of drug-likeness (QED) is 0.886. The topological polar surface area (TPSA) is 35.2 Å². The molecule has 0 radical (unpaired) electrons. The lowest BCUT2D eigenvalue weighted by molar-refractivity contribution is 0.336. The molecule has 21 heavy (non-hydrogen) atoms. The molecule has 1 aromatic carbocycles. The molecule has 118 valence electrons. The minimum atomic E-state index is 0.0495. The van der Waals surface area contributed by atoms with Crippen LogP contribution in [0.5, 0.6) is 5.75 Å². The van der Waals surface area contributed by atoms with Gasteiger partial charge in [-0.1, -0.05) is 33.6 Å². The zero-order valence-corrected chi connectivity index (χ0v) is 14.3. The van der Waals surface area contributed by atoms with Crippen LogP contribution in [0.25, 0.3) is 0 Å².